The van der Waals surface area contributed by atoms with Gasteiger partial charge in [-0.1, -0.05) is 11.6 Å². The van der Waals surface area contributed by atoms with Crippen LogP contribution in [0, 0.1) is 17.5 Å². The number of H-pyrrole nitrogens is 1. The fourth-order valence-electron chi connectivity index (χ4n) is 3.52. The van der Waals surface area contributed by atoms with Gasteiger partial charge < -0.3 is 14.6 Å². The van der Waals surface area contributed by atoms with Crippen LogP contribution in [0.25, 0.3) is 10.8 Å². The number of hydrogen-bond donors (Lipinski definition) is 1. The van der Waals surface area contributed by atoms with Gasteiger partial charge in [-0.15, -0.1) is 0 Å². The van der Waals surface area contributed by atoms with Crippen LogP contribution in [0.5, 0.6) is 0 Å². The van der Waals surface area contributed by atoms with Crippen LogP contribution in [0.3, 0.4) is 0 Å². The Bertz CT molecular complexity index is 1210. The number of nitrogens with zero attached hydrogens (tertiary/aromatic N) is 1. The zero-order chi connectivity index (χ0) is 20.9. The average molecular weight is 423 g/mol. The fraction of sp³-hybridized carbons (Fsp3) is 0.200. The Labute approximate surface area is 167 Å². The summed E-state index contributed by atoms with van der Waals surface area (Å²) < 4.78 is 46.9. The van der Waals surface area contributed by atoms with Crippen molar-refractivity contribution in [1.82, 2.24) is 9.88 Å². The van der Waals surface area contributed by atoms with Gasteiger partial charge in [-0.3, -0.25) is 9.59 Å². The molecular formula is C20H14ClF3N2O3. The molecule has 29 heavy (non-hydrogen) atoms. The molecule has 0 aliphatic carbocycles. The monoisotopic (exact) mass is 422 g/mol. The maximum absolute atomic E-state index is 13.9. The van der Waals surface area contributed by atoms with E-state index in [4.69, 9.17) is 16.3 Å². The molecule has 0 unspecified atom stereocenters. The predicted octanol–water partition coefficient (Wildman–Crippen LogP) is 3.94. The van der Waals surface area contributed by atoms with Crippen molar-refractivity contribution in [3.8, 4) is 0 Å². The first-order valence-electron chi connectivity index (χ1n) is 8.61. The summed E-state index contributed by atoms with van der Waals surface area (Å²) in [6, 6.07) is 4.73. The molecule has 1 aromatic heterocycles. The molecule has 2 aromatic carbocycles. The average Bonchev–Trinajstić information content (AvgIpc) is 2.70. The largest absolute Gasteiger partial charge is 0.373 e. The molecular weight excluding hydrogens is 409 g/mol. The van der Waals surface area contributed by atoms with Gasteiger partial charge in [0.15, 0.2) is 11.6 Å². The van der Waals surface area contributed by atoms with Crippen molar-refractivity contribution >= 4 is 28.3 Å². The minimum absolute atomic E-state index is 0.0343. The van der Waals surface area contributed by atoms with E-state index in [1.165, 1.54) is 24.1 Å². The quantitative estimate of drug-likeness (QED) is 0.680. The molecule has 1 aliphatic rings. The first kappa shape index (κ1) is 19.5. The number of aromatic nitrogens is 1. The molecule has 4 rings (SSSR count). The third-order valence-electron chi connectivity index (χ3n) is 4.99. The maximum atomic E-state index is 13.9. The van der Waals surface area contributed by atoms with E-state index in [1.807, 2.05) is 0 Å². The number of ether oxygens (including phenoxy) is 1. The lowest BCUT2D eigenvalue weighted by Crippen LogP contribution is -2.37. The van der Waals surface area contributed by atoms with Gasteiger partial charge in [0.2, 0.25) is 0 Å². The van der Waals surface area contributed by atoms with E-state index in [0.29, 0.717) is 11.3 Å². The molecule has 0 saturated heterocycles. The molecule has 1 amide bonds. The Balaban J connectivity index is 1.84. The molecule has 0 saturated carbocycles. The van der Waals surface area contributed by atoms with E-state index in [9.17, 15) is 22.8 Å². The number of halogens is 4. The van der Waals surface area contributed by atoms with Gasteiger partial charge in [-0.25, -0.2) is 13.2 Å². The van der Waals surface area contributed by atoms with Crippen LogP contribution in [0.15, 0.2) is 35.1 Å². The van der Waals surface area contributed by atoms with Crippen LogP contribution < -0.4 is 5.56 Å². The minimum Gasteiger partial charge on any atom is -0.373 e. The number of hydrogen-bond acceptors (Lipinski definition) is 3. The zero-order valence-electron chi connectivity index (χ0n) is 15.1. The van der Waals surface area contributed by atoms with Crippen molar-refractivity contribution in [3.05, 3.63) is 80.0 Å². The molecule has 3 aromatic rings. The molecule has 5 nitrogen and oxygen atoms in total. The molecule has 9 heteroatoms. The highest BCUT2D eigenvalue weighted by atomic mass is 35.5. The summed E-state index contributed by atoms with van der Waals surface area (Å²) in [6.45, 7) is 0.110. The second-order valence-corrected chi connectivity index (χ2v) is 7.14. The van der Waals surface area contributed by atoms with Crippen LogP contribution in [-0.4, -0.2) is 29.4 Å². The van der Waals surface area contributed by atoms with Crippen molar-refractivity contribution in [3.63, 3.8) is 0 Å². The van der Waals surface area contributed by atoms with Gasteiger partial charge in [-0.05, 0) is 35.7 Å². The van der Waals surface area contributed by atoms with Crippen molar-refractivity contribution in [2.24, 2.45) is 0 Å². The molecule has 150 valence electrons. The Morgan fingerprint density at radius 3 is 2.52 bits per heavy atom. The van der Waals surface area contributed by atoms with E-state index >= 15 is 0 Å². The standard InChI is InChI=1S/C20H14ClF3N2O3/c1-26(20(28)9-2-3-12(21)13(22)4-9)17-8-29-7-16-18(17)10-5-14(23)15(24)6-11(10)19(27)25-16/h2-6,17H,7-8H2,1H3,(H,25,27)/t17-/m0/s1. The molecule has 1 atom stereocenters. The maximum Gasteiger partial charge on any atom is 0.256 e. The summed E-state index contributed by atoms with van der Waals surface area (Å²) >= 11 is 5.67. The first-order chi connectivity index (χ1) is 13.8. The smallest absolute Gasteiger partial charge is 0.256 e. The third-order valence-corrected chi connectivity index (χ3v) is 5.30. The van der Waals surface area contributed by atoms with Gasteiger partial charge in [0.05, 0.1) is 29.7 Å². The lowest BCUT2D eigenvalue weighted by Gasteiger charge is -2.34. The second-order valence-electron chi connectivity index (χ2n) is 6.73. The van der Waals surface area contributed by atoms with Gasteiger partial charge in [-0.2, -0.15) is 0 Å². The third kappa shape index (κ3) is 3.28. The summed E-state index contributed by atoms with van der Waals surface area (Å²) in [5, 5.41) is 0.0439. The number of likely N-dealkylation sites (N-methyl/N-ethyl adjacent to an activating group) is 1. The molecule has 1 aliphatic heterocycles. The highest BCUT2D eigenvalue weighted by Gasteiger charge is 2.31. The van der Waals surface area contributed by atoms with Crippen LogP contribution >= 0.6 is 11.6 Å². The number of carbonyl (C=O) groups is 1. The van der Waals surface area contributed by atoms with Crippen LogP contribution in [0.1, 0.15) is 27.7 Å². The number of benzene rings is 2. The van der Waals surface area contributed by atoms with E-state index in [2.05, 4.69) is 4.98 Å². The van der Waals surface area contributed by atoms with E-state index in [-0.39, 0.29) is 34.6 Å². The van der Waals surface area contributed by atoms with Gasteiger partial charge in [0.1, 0.15) is 5.82 Å². The highest BCUT2D eigenvalue weighted by Crippen LogP contribution is 2.34. The Morgan fingerprint density at radius 2 is 1.83 bits per heavy atom. The summed E-state index contributed by atoms with van der Waals surface area (Å²) in [6.07, 6.45) is 0. The number of rotatable bonds is 2. The molecule has 0 radical (unpaired) electrons. The lowest BCUT2D eigenvalue weighted by atomic mass is 9.95. The van der Waals surface area contributed by atoms with E-state index in [0.717, 1.165) is 18.2 Å². The van der Waals surface area contributed by atoms with Crippen molar-refractivity contribution in [2.45, 2.75) is 12.6 Å². The number of amides is 1. The van der Waals surface area contributed by atoms with Crippen LogP contribution in [0.4, 0.5) is 13.2 Å². The van der Waals surface area contributed by atoms with Crippen LogP contribution in [0.2, 0.25) is 5.02 Å². The number of carbonyl (C=O) groups excluding carboxylic acids is 1. The SMILES string of the molecule is CN(C(=O)c1ccc(Cl)c(F)c1)[C@H]1COCc2[nH]c(=O)c3cc(F)c(F)cc3c21. The van der Waals surface area contributed by atoms with E-state index in [1.54, 1.807) is 0 Å². The summed E-state index contributed by atoms with van der Waals surface area (Å²) in [5.41, 5.74) is 0.296. The lowest BCUT2D eigenvalue weighted by molar-refractivity contribution is 0.0335. The van der Waals surface area contributed by atoms with Gasteiger partial charge in [0, 0.05) is 23.9 Å². The Kier molecular flexibility index (Phi) is 4.84. The number of fused-ring (bicyclic) bond motifs is 3. The van der Waals surface area contributed by atoms with Crippen molar-refractivity contribution in [1.29, 1.82) is 0 Å². The van der Waals surface area contributed by atoms with E-state index < -0.39 is 35.0 Å². The summed E-state index contributed by atoms with van der Waals surface area (Å²) in [4.78, 5) is 29.1. The van der Waals surface area contributed by atoms with Gasteiger partial charge >= 0.3 is 0 Å². The van der Waals surface area contributed by atoms with Gasteiger partial charge in [0.25, 0.3) is 11.5 Å². The Hall–Kier alpha value is -2.84. The topological polar surface area (TPSA) is 62.4 Å². The highest BCUT2D eigenvalue weighted by molar-refractivity contribution is 6.30. The first-order valence-corrected chi connectivity index (χ1v) is 8.99. The molecule has 1 N–H and O–H groups in total. The molecule has 0 spiro atoms. The normalized spacial score (nSPS) is 16.0. The number of pyridine rings is 1. The van der Waals surface area contributed by atoms with Crippen LogP contribution in [-0.2, 0) is 11.3 Å². The molecule has 0 fully saturated rings. The Morgan fingerprint density at radius 1 is 1.14 bits per heavy atom. The number of nitrogens with one attached hydrogen (secondary N) is 1. The zero-order valence-corrected chi connectivity index (χ0v) is 15.8. The fourth-order valence-corrected chi connectivity index (χ4v) is 3.64. The molecule has 0 bridgehead atoms. The van der Waals surface area contributed by atoms with Crippen molar-refractivity contribution in [2.75, 3.05) is 13.7 Å². The number of aromatic amines is 1. The summed E-state index contributed by atoms with van der Waals surface area (Å²) in [5.74, 6) is -3.51. The van der Waals surface area contributed by atoms with Crippen molar-refractivity contribution < 1.29 is 22.7 Å². The molecule has 2 heterocycles. The predicted molar refractivity (Wildman–Crippen MR) is 100 cm³/mol. The summed E-state index contributed by atoms with van der Waals surface area (Å²) in [7, 11) is 1.48. The minimum atomic E-state index is -1.15. The second kappa shape index (κ2) is 7.20.